The lowest BCUT2D eigenvalue weighted by Gasteiger charge is -2.31. The van der Waals surface area contributed by atoms with Crippen molar-refractivity contribution in [3.8, 4) is 5.75 Å². The Balaban J connectivity index is 1.52. The summed E-state index contributed by atoms with van der Waals surface area (Å²) in [6.07, 6.45) is 0.832. The molecule has 7 nitrogen and oxygen atoms in total. The van der Waals surface area contributed by atoms with E-state index in [4.69, 9.17) is 9.47 Å². The molecule has 0 atom stereocenters. The lowest BCUT2D eigenvalue weighted by Crippen LogP contribution is -2.41. The van der Waals surface area contributed by atoms with E-state index < -0.39 is 23.5 Å². The first-order valence-electron chi connectivity index (χ1n) is 10.3. The maximum Gasteiger partial charge on any atom is 0.344 e. The number of likely N-dealkylation sites (tertiary alicyclic amines) is 1. The molecule has 9 heteroatoms. The van der Waals surface area contributed by atoms with Gasteiger partial charge in [-0.15, -0.1) is 0 Å². The van der Waals surface area contributed by atoms with Crippen molar-refractivity contribution in [2.75, 3.05) is 31.6 Å². The van der Waals surface area contributed by atoms with E-state index in [1.54, 1.807) is 31.2 Å². The molecule has 0 saturated carbocycles. The Bertz CT molecular complexity index is 990. The van der Waals surface area contributed by atoms with E-state index in [0.717, 1.165) is 12.1 Å². The summed E-state index contributed by atoms with van der Waals surface area (Å²) in [6.45, 7) is 2.32. The Morgan fingerprint density at radius 2 is 1.84 bits per heavy atom. The minimum absolute atomic E-state index is 0.186. The van der Waals surface area contributed by atoms with E-state index in [9.17, 15) is 23.2 Å². The van der Waals surface area contributed by atoms with E-state index in [-0.39, 0.29) is 43.7 Å². The molecule has 3 rings (SSSR count). The predicted octanol–water partition coefficient (Wildman–Crippen LogP) is 3.40. The smallest absolute Gasteiger partial charge is 0.344 e. The van der Waals surface area contributed by atoms with Crippen LogP contribution in [0.25, 0.3) is 0 Å². The van der Waals surface area contributed by atoms with Crippen LogP contribution in [-0.4, -0.2) is 49.0 Å². The average molecular weight is 446 g/mol. The molecule has 0 aliphatic carbocycles. The first-order valence-corrected chi connectivity index (χ1v) is 10.3. The summed E-state index contributed by atoms with van der Waals surface area (Å²) in [7, 11) is 0. The van der Waals surface area contributed by atoms with Gasteiger partial charge in [0, 0.05) is 36.8 Å². The van der Waals surface area contributed by atoms with E-state index >= 15 is 0 Å². The predicted molar refractivity (Wildman–Crippen MR) is 112 cm³/mol. The van der Waals surface area contributed by atoms with Crippen molar-refractivity contribution < 1.29 is 32.6 Å². The molecule has 2 aromatic rings. The number of hydrogen-bond donors (Lipinski definition) is 1. The summed E-state index contributed by atoms with van der Waals surface area (Å²) in [4.78, 5) is 38.0. The van der Waals surface area contributed by atoms with Crippen LogP contribution in [0.1, 0.15) is 30.1 Å². The van der Waals surface area contributed by atoms with Crippen LogP contribution in [0.4, 0.5) is 14.5 Å². The van der Waals surface area contributed by atoms with Gasteiger partial charge in [-0.05, 0) is 44.0 Å². The number of anilines is 1. The second kappa shape index (κ2) is 10.7. The summed E-state index contributed by atoms with van der Waals surface area (Å²) >= 11 is 0. The van der Waals surface area contributed by atoms with Crippen molar-refractivity contribution in [1.82, 2.24) is 4.90 Å². The number of ether oxygens (including phenoxy) is 2. The summed E-state index contributed by atoms with van der Waals surface area (Å²) in [6, 6.07) is 9.50. The Hall–Kier alpha value is -3.49. The van der Waals surface area contributed by atoms with Crippen molar-refractivity contribution in [1.29, 1.82) is 0 Å². The first-order chi connectivity index (χ1) is 15.4. The summed E-state index contributed by atoms with van der Waals surface area (Å²) in [5.41, 5.74) is 0.331. The normalized spacial score (nSPS) is 14.0. The number of nitrogens with one attached hydrogen (secondary N) is 1. The Morgan fingerprint density at radius 3 is 2.53 bits per heavy atom. The molecule has 1 heterocycles. The second-order valence-electron chi connectivity index (χ2n) is 7.30. The minimum Gasteiger partial charge on any atom is -0.482 e. The maximum atomic E-state index is 13.9. The number of amides is 2. The molecule has 0 unspecified atom stereocenters. The molecule has 2 amide bonds. The number of hydrogen-bond acceptors (Lipinski definition) is 5. The zero-order valence-electron chi connectivity index (χ0n) is 17.6. The molecule has 1 aliphatic heterocycles. The molecule has 1 fully saturated rings. The third-order valence-electron chi connectivity index (χ3n) is 5.08. The number of piperidine rings is 1. The van der Waals surface area contributed by atoms with Crippen LogP contribution in [0.2, 0.25) is 0 Å². The summed E-state index contributed by atoms with van der Waals surface area (Å²) in [5, 5.41) is 2.82. The zero-order valence-corrected chi connectivity index (χ0v) is 17.6. The fourth-order valence-electron chi connectivity index (χ4n) is 3.43. The monoisotopic (exact) mass is 446 g/mol. The number of nitrogens with zero attached hydrogens (tertiary/aromatic N) is 1. The standard InChI is InChI=1S/C23H24F2N2O5/c1-2-31-21(28)14-32-18-5-3-4-17(13-18)26-22(29)15-8-10-27(11-9-15)23(30)19-7-6-16(24)12-20(19)25/h3-7,12-13,15H,2,8-11,14H2,1H3,(H,26,29). The van der Waals surface area contributed by atoms with Gasteiger partial charge in [-0.25, -0.2) is 13.6 Å². The van der Waals surface area contributed by atoms with Crippen LogP contribution in [0.5, 0.6) is 5.75 Å². The highest BCUT2D eigenvalue weighted by Crippen LogP contribution is 2.23. The molecule has 0 radical (unpaired) electrons. The quantitative estimate of drug-likeness (QED) is 0.659. The molecule has 0 aromatic heterocycles. The molecule has 32 heavy (non-hydrogen) atoms. The van der Waals surface area contributed by atoms with Gasteiger partial charge < -0.3 is 19.7 Å². The molecular formula is C23H24F2N2O5. The van der Waals surface area contributed by atoms with Crippen molar-refractivity contribution in [2.24, 2.45) is 5.92 Å². The third-order valence-corrected chi connectivity index (χ3v) is 5.08. The fourth-order valence-corrected chi connectivity index (χ4v) is 3.43. The van der Waals surface area contributed by atoms with Gasteiger partial charge in [-0.2, -0.15) is 0 Å². The number of benzene rings is 2. The molecule has 1 saturated heterocycles. The first kappa shape index (κ1) is 23.2. The Labute approximate surface area is 184 Å². The fraction of sp³-hybridized carbons (Fsp3) is 0.348. The number of esters is 1. The van der Waals surface area contributed by atoms with Crippen LogP contribution in [0.15, 0.2) is 42.5 Å². The van der Waals surface area contributed by atoms with Crippen LogP contribution in [0.3, 0.4) is 0 Å². The second-order valence-corrected chi connectivity index (χ2v) is 7.30. The van der Waals surface area contributed by atoms with Gasteiger partial charge in [0.25, 0.3) is 5.91 Å². The highest BCUT2D eigenvalue weighted by molar-refractivity contribution is 5.95. The minimum atomic E-state index is -0.903. The van der Waals surface area contributed by atoms with Gasteiger partial charge in [0.1, 0.15) is 17.4 Å². The van der Waals surface area contributed by atoms with Crippen molar-refractivity contribution in [3.63, 3.8) is 0 Å². The van der Waals surface area contributed by atoms with E-state index in [1.807, 2.05) is 0 Å². The third kappa shape index (κ3) is 6.03. The molecule has 0 spiro atoms. The molecule has 2 aromatic carbocycles. The highest BCUT2D eigenvalue weighted by Gasteiger charge is 2.29. The highest BCUT2D eigenvalue weighted by atomic mass is 19.1. The maximum absolute atomic E-state index is 13.9. The van der Waals surface area contributed by atoms with Gasteiger partial charge in [-0.3, -0.25) is 9.59 Å². The number of carbonyl (C=O) groups is 3. The number of carbonyl (C=O) groups excluding carboxylic acids is 3. The lowest BCUT2D eigenvalue weighted by atomic mass is 9.95. The van der Waals surface area contributed by atoms with Crippen molar-refractivity contribution in [2.45, 2.75) is 19.8 Å². The Kier molecular flexibility index (Phi) is 7.75. The van der Waals surface area contributed by atoms with Gasteiger partial charge in [0.15, 0.2) is 6.61 Å². The molecule has 170 valence electrons. The van der Waals surface area contributed by atoms with Crippen LogP contribution >= 0.6 is 0 Å². The average Bonchev–Trinajstić information content (AvgIpc) is 2.78. The number of rotatable bonds is 7. The van der Waals surface area contributed by atoms with E-state index in [2.05, 4.69) is 5.32 Å². The van der Waals surface area contributed by atoms with Crippen LogP contribution < -0.4 is 10.1 Å². The lowest BCUT2D eigenvalue weighted by molar-refractivity contribution is -0.145. The zero-order chi connectivity index (χ0) is 23.1. The van der Waals surface area contributed by atoms with Crippen molar-refractivity contribution in [3.05, 3.63) is 59.7 Å². The van der Waals surface area contributed by atoms with E-state index in [1.165, 1.54) is 4.90 Å². The largest absolute Gasteiger partial charge is 0.482 e. The van der Waals surface area contributed by atoms with Crippen LogP contribution in [0, 0.1) is 17.6 Å². The number of halogens is 2. The molecular weight excluding hydrogens is 422 g/mol. The molecule has 0 bridgehead atoms. The Morgan fingerprint density at radius 1 is 1.09 bits per heavy atom. The summed E-state index contributed by atoms with van der Waals surface area (Å²) in [5.74, 6) is -2.76. The van der Waals surface area contributed by atoms with E-state index in [0.29, 0.717) is 30.3 Å². The van der Waals surface area contributed by atoms with Gasteiger partial charge in [0.05, 0.1) is 12.2 Å². The topological polar surface area (TPSA) is 84.9 Å². The van der Waals surface area contributed by atoms with Gasteiger partial charge in [0.2, 0.25) is 5.91 Å². The van der Waals surface area contributed by atoms with Crippen molar-refractivity contribution >= 4 is 23.5 Å². The molecule has 1 N–H and O–H groups in total. The SMILES string of the molecule is CCOC(=O)COc1cccc(NC(=O)C2CCN(C(=O)c3ccc(F)cc3F)CC2)c1. The van der Waals surface area contributed by atoms with Crippen LogP contribution in [-0.2, 0) is 14.3 Å². The van der Waals surface area contributed by atoms with Gasteiger partial charge in [-0.1, -0.05) is 6.07 Å². The summed E-state index contributed by atoms with van der Waals surface area (Å²) < 4.78 is 37.1. The van der Waals surface area contributed by atoms with Gasteiger partial charge >= 0.3 is 5.97 Å². The molecule has 1 aliphatic rings.